The van der Waals surface area contributed by atoms with Gasteiger partial charge in [0.25, 0.3) is 5.91 Å². The Morgan fingerprint density at radius 2 is 1.91 bits per heavy atom. The molecule has 1 amide bonds. The van der Waals surface area contributed by atoms with E-state index in [0.29, 0.717) is 30.7 Å². The summed E-state index contributed by atoms with van der Waals surface area (Å²) in [5.41, 5.74) is 1.95. The smallest absolute Gasteiger partial charge is 0.275 e. The number of rotatable bonds is 3. The zero-order chi connectivity index (χ0) is 16.4. The van der Waals surface area contributed by atoms with Crippen LogP contribution in [0.15, 0.2) is 12.1 Å². The lowest BCUT2D eigenvalue weighted by atomic mass is 10.3. The predicted molar refractivity (Wildman–Crippen MR) is 85.7 cm³/mol. The molecule has 1 N–H and O–H groups in total. The van der Waals surface area contributed by atoms with Crippen LogP contribution < -0.4 is 10.2 Å². The van der Waals surface area contributed by atoms with Crippen LogP contribution in [0.4, 0.5) is 11.8 Å². The summed E-state index contributed by atoms with van der Waals surface area (Å²) in [7, 11) is 1.78. The fourth-order valence-electron chi connectivity index (χ4n) is 2.48. The van der Waals surface area contributed by atoms with Gasteiger partial charge in [-0.05, 0) is 19.9 Å². The highest BCUT2D eigenvalue weighted by Crippen LogP contribution is 2.14. The van der Waals surface area contributed by atoms with E-state index in [1.807, 2.05) is 24.8 Å². The maximum absolute atomic E-state index is 12.5. The standard InChI is InChI=1S/C15H20N6O2/c1-10-8-12(14(22)18-13-9-11(2)19-20(13)3)17-15(16-10)21-4-6-23-7-5-21/h8-9H,4-7H2,1-3H3,(H,18,22). The molecule has 3 heterocycles. The zero-order valence-electron chi connectivity index (χ0n) is 13.5. The summed E-state index contributed by atoms with van der Waals surface area (Å²) in [6.07, 6.45) is 0. The minimum Gasteiger partial charge on any atom is -0.378 e. The molecule has 0 radical (unpaired) electrons. The Labute approximate surface area is 134 Å². The molecule has 23 heavy (non-hydrogen) atoms. The highest BCUT2D eigenvalue weighted by molar-refractivity contribution is 6.02. The zero-order valence-corrected chi connectivity index (χ0v) is 13.5. The molecule has 0 unspecified atom stereocenters. The molecule has 8 heteroatoms. The van der Waals surface area contributed by atoms with Crippen LogP contribution in [0.2, 0.25) is 0 Å². The highest BCUT2D eigenvalue weighted by atomic mass is 16.5. The minimum absolute atomic E-state index is 0.270. The molecule has 1 saturated heterocycles. The molecule has 0 atom stereocenters. The van der Waals surface area contributed by atoms with Crippen molar-refractivity contribution < 1.29 is 9.53 Å². The third-order valence-corrected chi connectivity index (χ3v) is 3.61. The van der Waals surface area contributed by atoms with Gasteiger partial charge in [0.05, 0.1) is 18.9 Å². The van der Waals surface area contributed by atoms with E-state index >= 15 is 0 Å². The van der Waals surface area contributed by atoms with Crippen molar-refractivity contribution in [2.45, 2.75) is 13.8 Å². The SMILES string of the molecule is Cc1cc(C(=O)Nc2cc(C)nn2C)nc(N2CCOCC2)n1. The second-order valence-electron chi connectivity index (χ2n) is 5.54. The molecule has 1 aliphatic rings. The Kier molecular flexibility index (Phi) is 4.24. The Morgan fingerprint density at radius 3 is 2.57 bits per heavy atom. The van der Waals surface area contributed by atoms with Crippen LogP contribution in [0.5, 0.6) is 0 Å². The molecule has 0 spiro atoms. The lowest BCUT2D eigenvalue weighted by Gasteiger charge is -2.27. The van der Waals surface area contributed by atoms with Gasteiger partial charge in [-0.3, -0.25) is 9.48 Å². The lowest BCUT2D eigenvalue weighted by Crippen LogP contribution is -2.37. The van der Waals surface area contributed by atoms with E-state index in [-0.39, 0.29) is 5.91 Å². The molecule has 0 saturated carbocycles. The van der Waals surface area contributed by atoms with Crippen molar-refractivity contribution in [3.05, 3.63) is 29.2 Å². The number of anilines is 2. The van der Waals surface area contributed by atoms with Crippen LogP contribution >= 0.6 is 0 Å². The fraction of sp³-hybridized carbons (Fsp3) is 0.467. The molecular weight excluding hydrogens is 296 g/mol. The minimum atomic E-state index is -0.270. The first-order valence-corrected chi connectivity index (χ1v) is 7.53. The maximum Gasteiger partial charge on any atom is 0.275 e. The predicted octanol–water partition coefficient (Wildman–Crippen LogP) is 0.916. The summed E-state index contributed by atoms with van der Waals surface area (Å²) in [6.45, 7) is 6.48. The Hall–Kier alpha value is -2.48. The number of morpholine rings is 1. The molecule has 2 aromatic heterocycles. The third kappa shape index (κ3) is 3.48. The Bertz CT molecular complexity index is 721. The Morgan fingerprint density at radius 1 is 1.17 bits per heavy atom. The van der Waals surface area contributed by atoms with Crippen molar-refractivity contribution in [3.8, 4) is 0 Å². The molecule has 8 nitrogen and oxygen atoms in total. The molecule has 0 aromatic carbocycles. The summed E-state index contributed by atoms with van der Waals surface area (Å²) in [5.74, 6) is 0.935. The van der Waals surface area contributed by atoms with Gasteiger partial charge in [-0.2, -0.15) is 5.10 Å². The van der Waals surface area contributed by atoms with E-state index in [1.165, 1.54) is 0 Å². The molecule has 122 valence electrons. The van der Waals surface area contributed by atoms with Crippen molar-refractivity contribution in [2.75, 3.05) is 36.5 Å². The van der Waals surface area contributed by atoms with Crippen molar-refractivity contribution >= 4 is 17.7 Å². The second-order valence-corrected chi connectivity index (χ2v) is 5.54. The number of carbonyl (C=O) groups excluding carboxylic acids is 1. The van der Waals surface area contributed by atoms with Gasteiger partial charge in [0.15, 0.2) is 0 Å². The molecule has 0 bridgehead atoms. The van der Waals surface area contributed by atoms with E-state index in [2.05, 4.69) is 20.4 Å². The molecular formula is C15H20N6O2. The third-order valence-electron chi connectivity index (χ3n) is 3.61. The van der Waals surface area contributed by atoms with E-state index in [0.717, 1.165) is 24.5 Å². The summed E-state index contributed by atoms with van der Waals surface area (Å²) in [4.78, 5) is 23.3. The summed E-state index contributed by atoms with van der Waals surface area (Å²) >= 11 is 0. The van der Waals surface area contributed by atoms with Crippen molar-refractivity contribution in [3.63, 3.8) is 0 Å². The normalized spacial score (nSPS) is 14.8. The average Bonchev–Trinajstić information content (AvgIpc) is 2.85. The van der Waals surface area contributed by atoms with Crippen LogP contribution in [-0.4, -0.2) is 52.0 Å². The number of ether oxygens (including phenoxy) is 1. The van der Waals surface area contributed by atoms with Gasteiger partial charge in [-0.25, -0.2) is 9.97 Å². The lowest BCUT2D eigenvalue weighted by molar-refractivity contribution is 0.102. The number of hydrogen-bond donors (Lipinski definition) is 1. The largest absolute Gasteiger partial charge is 0.378 e. The van der Waals surface area contributed by atoms with Gasteiger partial charge in [0, 0.05) is 31.9 Å². The van der Waals surface area contributed by atoms with Gasteiger partial charge in [-0.1, -0.05) is 0 Å². The first-order chi connectivity index (χ1) is 11.0. The number of amides is 1. The highest BCUT2D eigenvalue weighted by Gasteiger charge is 2.18. The average molecular weight is 316 g/mol. The molecule has 0 aliphatic carbocycles. The first-order valence-electron chi connectivity index (χ1n) is 7.53. The Balaban J connectivity index is 1.82. The van der Waals surface area contributed by atoms with Crippen molar-refractivity contribution in [1.29, 1.82) is 0 Å². The van der Waals surface area contributed by atoms with Gasteiger partial charge in [-0.15, -0.1) is 0 Å². The number of hydrogen-bond acceptors (Lipinski definition) is 6. The maximum atomic E-state index is 12.5. The quantitative estimate of drug-likeness (QED) is 0.906. The van der Waals surface area contributed by atoms with Crippen LogP contribution in [0.25, 0.3) is 0 Å². The van der Waals surface area contributed by atoms with E-state index < -0.39 is 0 Å². The fourth-order valence-corrected chi connectivity index (χ4v) is 2.48. The monoisotopic (exact) mass is 316 g/mol. The van der Waals surface area contributed by atoms with Gasteiger partial charge in [0.1, 0.15) is 11.5 Å². The van der Waals surface area contributed by atoms with E-state index in [4.69, 9.17) is 4.74 Å². The van der Waals surface area contributed by atoms with Gasteiger partial charge in [0.2, 0.25) is 5.95 Å². The molecule has 2 aromatic rings. The van der Waals surface area contributed by atoms with Gasteiger partial charge < -0.3 is 15.0 Å². The van der Waals surface area contributed by atoms with Crippen LogP contribution in [0.3, 0.4) is 0 Å². The topological polar surface area (TPSA) is 85.2 Å². The van der Waals surface area contributed by atoms with E-state index in [1.54, 1.807) is 17.8 Å². The molecule has 3 rings (SSSR count). The number of nitrogens with zero attached hydrogens (tertiary/aromatic N) is 5. The van der Waals surface area contributed by atoms with Crippen LogP contribution in [-0.2, 0) is 11.8 Å². The summed E-state index contributed by atoms with van der Waals surface area (Å²) in [5, 5.41) is 7.05. The summed E-state index contributed by atoms with van der Waals surface area (Å²) in [6, 6.07) is 3.50. The number of aryl methyl sites for hydroxylation is 3. The summed E-state index contributed by atoms with van der Waals surface area (Å²) < 4.78 is 6.97. The van der Waals surface area contributed by atoms with E-state index in [9.17, 15) is 4.79 Å². The van der Waals surface area contributed by atoms with Crippen LogP contribution in [0, 0.1) is 13.8 Å². The van der Waals surface area contributed by atoms with Crippen molar-refractivity contribution in [1.82, 2.24) is 19.7 Å². The number of carbonyl (C=O) groups is 1. The molecule has 1 fully saturated rings. The van der Waals surface area contributed by atoms with Crippen molar-refractivity contribution in [2.24, 2.45) is 7.05 Å². The molecule has 1 aliphatic heterocycles. The number of aromatic nitrogens is 4. The van der Waals surface area contributed by atoms with Crippen LogP contribution in [0.1, 0.15) is 21.9 Å². The second kappa shape index (κ2) is 6.33. The van der Waals surface area contributed by atoms with Gasteiger partial charge >= 0.3 is 0 Å². The first kappa shape index (κ1) is 15.4. The number of nitrogens with one attached hydrogen (secondary N) is 1.